The van der Waals surface area contributed by atoms with Crippen molar-refractivity contribution in [3.63, 3.8) is 0 Å². The van der Waals surface area contributed by atoms with Crippen molar-refractivity contribution >= 4 is 0 Å². The third-order valence-electron chi connectivity index (χ3n) is 5.04. The second kappa shape index (κ2) is 9.09. The average molecular weight is 414 g/mol. The van der Waals surface area contributed by atoms with Crippen LogP contribution in [0, 0.1) is 0 Å². The first kappa shape index (κ1) is 22.2. The summed E-state index contributed by atoms with van der Waals surface area (Å²) in [6, 6.07) is 0. The Morgan fingerprint density at radius 1 is 0.536 bits per heavy atom. The molecular formula is C15H26O13. The number of ether oxygens (including phenoxy) is 5. The molecule has 13 heteroatoms. The van der Waals surface area contributed by atoms with Crippen molar-refractivity contribution in [1.82, 2.24) is 0 Å². The van der Waals surface area contributed by atoms with Crippen LogP contribution < -0.4 is 0 Å². The van der Waals surface area contributed by atoms with E-state index in [2.05, 4.69) is 0 Å². The van der Waals surface area contributed by atoms with Gasteiger partial charge in [-0.25, -0.2) is 0 Å². The molecule has 3 rings (SSSR count). The lowest BCUT2D eigenvalue weighted by Gasteiger charge is -2.26. The van der Waals surface area contributed by atoms with E-state index in [1.807, 2.05) is 0 Å². The standard InChI is InChI=1S/C15H26O13/c16-1-4-7(19)9(21)14(25-4)27-11-6(3-18)26-15(10(11)22)28-12-8(20)5(2-17)24-13(12)23/h4-23H,1-3H2/t4-,5-,6-,7-,8-,9+,10+,11-,12+,13?,14+,15-/m0/s1. The zero-order valence-electron chi connectivity index (χ0n) is 14.7. The van der Waals surface area contributed by atoms with E-state index in [1.54, 1.807) is 0 Å². The van der Waals surface area contributed by atoms with Gasteiger partial charge in [-0.05, 0) is 0 Å². The SMILES string of the molecule is OC[C@@H]1O[C@H](O[C@@H]2[C@@H](O)[C@H](O[C@H]3C(O)O[C@@H](CO)[C@@H]3O)O[C@H]2CO)[C@H](O)[C@H]1O. The Hall–Kier alpha value is -0.520. The molecule has 1 unspecified atom stereocenters. The summed E-state index contributed by atoms with van der Waals surface area (Å²) >= 11 is 0. The highest BCUT2D eigenvalue weighted by atomic mass is 16.8. The zero-order valence-corrected chi connectivity index (χ0v) is 14.7. The molecule has 0 aliphatic carbocycles. The summed E-state index contributed by atoms with van der Waals surface area (Å²) < 4.78 is 26.3. The highest BCUT2D eigenvalue weighted by Gasteiger charge is 2.53. The Labute approximate surface area is 159 Å². The number of hydrogen-bond donors (Lipinski definition) is 8. The molecule has 0 aromatic rings. The zero-order chi connectivity index (χ0) is 20.6. The van der Waals surface area contributed by atoms with Crippen LogP contribution in [0.5, 0.6) is 0 Å². The molecule has 0 spiro atoms. The summed E-state index contributed by atoms with van der Waals surface area (Å²) in [5, 5.41) is 77.7. The second-order valence-electron chi connectivity index (χ2n) is 6.86. The Balaban J connectivity index is 1.64. The van der Waals surface area contributed by atoms with E-state index in [-0.39, 0.29) is 0 Å². The van der Waals surface area contributed by atoms with E-state index >= 15 is 0 Å². The first-order valence-electron chi connectivity index (χ1n) is 8.82. The maximum atomic E-state index is 10.5. The van der Waals surface area contributed by atoms with Crippen molar-refractivity contribution in [2.24, 2.45) is 0 Å². The second-order valence-corrected chi connectivity index (χ2v) is 6.86. The van der Waals surface area contributed by atoms with E-state index in [0.717, 1.165) is 0 Å². The van der Waals surface area contributed by atoms with Gasteiger partial charge in [0.15, 0.2) is 18.9 Å². The molecule has 164 valence electrons. The van der Waals surface area contributed by atoms with Gasteiger partial charge in [-0.15, -0.1) is 0 Å². The molecule has 13 nitrogen and oxygen atoms in total. The summed E-state index contributed by atoms with van der Waals surface area (Å²) in [5.74, 6) is 0. The first-order chi connectivity index (χ1) is 13.3. The van der Waals surface area contributed by atoms with Crippen LogP contribution in [0.2, 0.25) is 0 Å². The lowest BCUT2D eigenvalue weighted by molar-refractivity contribution is -0.237. The topological polar surface area (TPSA) is 208 Å². The van der Waals surface area contributed by atoms with Crippen molar-refractivity contribution in [1.29, 1.82) is 0 Å². The molecule has 0 bridgehead atoms. The minimum Gasteiger partial charge on any atom is -0.394 e. The van der Waals surface area contributed by atoms with Crippen LogP contribution in [-0.4, -0.2) is 134 Å². The fraction of sp³-hybridized carbons (Fsp3) is 1.00. The summed E-state index contributed by atoms with van der Waals surface area (Å²) in [7, 11) is 0. The molecule has 3 saturated heterocycles. The van der Waals surface area contributed by atoms with Gasteiger partial charge in [-0.2, -0.15) is 0 Å². The molecular weight excluding hydrogens is 388 g/mol. The van der Waals surface area contributed by atoms with Gasteiger partial charge in [-0.1, -0.05) is 0 Å². The van der Waals surface area contributed by atoms with Crippen LogP contribution >= 0.6 is 0 Å². The maximum Gasteiger partial charge on any atom is 0.187 e. The van der Waals surface area contributed by atoms with E-state index in [0.29, 0.717) is 0 Å². The van der Waals surface area contributed by atoms with Gasteiger partial charge in [0.1, 0.15) is 54.9 Å². The quantitative estimate of drug-likeness (QED) is 0.196. The van der Waals surface area contributed by atoms with Crippen LogP contribution in [0.3, 0.4) is 0 Å². The number of aliphatic hydroxyl groups excluding tert-OH is 8. The molecule has 3 heterocycles. The molecule has 3 fully saturated rings. The van der Waals surface area contributed by atoms with Crippen molar-refractivity contribution in [2.45, 2.75) is 73.8 Å². The van der Waals surface area contributed by atoms with E-state index < -0.39 is 93.6 Å². The van der Waals surface area contributed by atoms with Crippen molar-refractivity contribution in [2.75, 3.05) is 19.8 Å². The fourth-order valence-corrected chi connectivity index (χ4v) is 3.44. The molecule has 28 heavy (non-hydrogen) atoms. The summed E-state index contributed by atoms with van der Waals surface area (Å²) in [6.45, 7) is -1.75. The molecule has 0 amide bonds. The number of hydrogen-bond acceptors (Lipinski definition) is 13. The Morgan fingerprint density at radius 2 is 1.04 bits per heavy atom. The highest BCUT2D eigenvalue weighted by molar-refractivity contribution is 4.94. The normalized spacial score (nSPS) is 51.9. The van der Waals surface area contributed by atoms with Gasteiger partial charge in [0, 0.05) is 0 Å². The lowest BCUT2D eigenvalue weighted by atomic mass is 10.1. The Morgan fingerprint density at radius 3 is 1.57 bits per heavy atom. The van der Waals surface area contributed by atoms with Crippen LogP contribution in [0.1, 0.15) is 0 Å². The molecule has 0 aromatic carbocycles. The van der Waals surface area contributed by atoms with Crippen LogP contribution in [0.4, 0.5) is 0 Å². The van der Waals surface area contributed by atoms with Gasteiger partial charge in [0.2, 0.25) is 0 Å². The monoisotopic (exact) mass is 414 g/mol. The van der Waals surface area contributed by atoms with Crippen molar-refractivity contribution in [3.05, 3.63) is 0 Å². The molecule has 8 N–H and O–H groups in total. The van der Waals surface area contributed by atoms with Gasteiger partial charge in [0.05, 0.1) is 19.8 Å². The average Bonchev–Trinajstić information content (AvgIpc) is 3.24. The largest absolute Gasteiger partial charge is 0.394 e. The molecule has 0 saturated carbocycles. The van der Waals surface area contributed by atoms with Crippen molar-refractivity contribution < 1.29 is 64.5 Å². The summed E-state index contributed by atoms with van der Waals surface area (Å²) in [5.41, 5.74) is 0. The number of rotatable bonds is 7. The Kier molecular flexibility index (Phi) is 7.20. The van der Waals surface area contributed by atoms with Crippen molar-refractivity contribution in [3.8, 4) is 0 Å². The minimum absolute atomic E-state index is 0.567. The Bertz CT molecular complexity index is 508. The predicted octanol–water partition coefficient (Wildman–Crippen LogP) is -5.66. The van der Waals surface area contributed by atoms with Gasteiger partial charge >= 0.3 is 0 Å². The third-order valence-corrected chi connectivity index (χ3v) is 5.04. The summed E-state index contributed by atoms with van der Waals surface area (Å²) in [6.07, 6.45) is -16.2. The van der Waals surface area contributed by atoms with E-state index in [9.17, 15) is 30.6 Å². The third kappa shape index (κ3) is 4.04. The van der Waals surface area contributed by atoms with Crippen LogP contribution in [0.25, 0.3) is 0 Å². The molecule has 0 aromatic heterocycles. The van der Waals surface area contributed by atoms with Crippen LogP contribution in [-0.2, 0) is 23.7 Å². The molecule has 3 aliphatic rings. The predicted molar refractivity (Wildman–Crippen MR) is 83.2 cm³/mol. The van der Waals surface area contributed by atoms with E-state index in [1.165, 1.54) is 0 Å². The fourth-order valence-electron chi connectivity index (χ4n) is 3.44. The number of aliphatic hydroxyl groups is 8. The maximum absolute atomic E-state index is 10.5. The highest BCUT2D eigenvalue weighted by Crippen LogP contribution is 2.33. The molecule has 0 radical (unpaired) electrons. The first-order valence-corrected chi connectivity index (χ1v) is 8.82. The lowest BCUT2D eigenvalue weighted by Crippen LogP contribution is -2.45. The van der Waals surface area contributed by atoms with E-state index in [4.69, 9.17) is 33.9 Å². The van der Waals surface area contributed by atoms with Gasteiger partial charge in [-0.3, -0.25) is 0 Å². The van der Waals surface area contributed by atoms with Gasteiger partial charge in [0.25, 0.3) is 0 Å². The molecule has 12 atom stereocenters. The minimum atomic E-state index is -1.59. The smallest absolute Gasteiger partial charge is 0.187 e. The van der Waals surface area contributed by atoms with Crippen LogP contribution in [0.15, 0.2) is 0 Å². The van der Waals surface area contributed by atoms with Gasteiger partial charge < -0.3 is 64.5 Å². The summed E-state index contributed by atoms with van der Waals surface area (Å²) in [4.78, 5) is 0. The molecule has 3 aliphatic heterocycles.